The fourth-order valence-corrected chi connectivity index (χ4v) is 10.1. The summed E-state index contributed by atoms with van der Waals surface area (Å²) in [5.74, 6) is -0.442. The Balaban J connectivity index is 1.23. The molecule has 1 atom stereocenters. The zero-order chi connectivity index (χ0) is 46.2. The Kier molecular flexibility index (Phi) is 5.53. The molecule has 0 amide bonds. The molecule has 1 spiro atoms. The van der Waals surface area contributed by atoms with Gasteiger partial charge < -0.3 is 4.42 Å². The summed E-state index contributed by atoms with van der Waals surface area (Å²) in [4.78, 5) is 16.6. The zero-order valence-corrected chi connectivity index (χ0v) is 31.6. The minimum absolute atomic E-state index is 0.0416. The summed E-state index contributed by atoms with van der Waals surface area (Å²) in [6, 6.07) is 39.4. The molecule has 272 valence electrons. The van der Waals surface area contributed by atoms with Gasteiger partial charge in [0.25, 0.3) is 0 Å². The largest absolute Gasteiger partial charge is 0.456 e. The fraction of sp³-hybridized carbons (Fsp3) is 0.0377. The molecule has 3 heterocycles. The average molecular weight is 769 g/mol. The number of furan rings is 1. The molecule has 10 aromatic rings. The Bertz CT molecular complexity index is 3690. The van der Waals surface area contributed by atoms with E-state index < -0.39 is 47.7 Å². The lowest BCUT2D eigenvalue weighted by atomic mass is 9.63. The van der Waals surface area contributed by atoms with Crippen molar-refractivity contribution in [2.24, 2.45) is 0 Å². The molecule has 2 aromatic heterocycles. The topological polar surface area (TPSA) is 51.8 Å². The van der Waals surface area contributed by atoms with E-state index in [-0.39, 0.29) is 46.2 Å². The lowest BCUT2D eigenvalue weighted by Crippen LogP contribution is -2.34. The van der Waals surface area contributed by atoms with E-state index in [1.54, 1.807) is 11.8 Å². The molecule has 1 aliphatic heterocycles. The molecule has 5 heteroatoms. The lowest BCUT2D eigenvalue weighted by Gasteiger charge is -2.42. The van der Waals surface area contributed by atoms with Crippen LogP contribution in [0, 0.1) is 6.92 Å². The van der Waals surface area contributed by atoms with Crippen molar-refractivity contribution in [3.8, 4) is 56.4 Å². The van der Waals surface area contributed by atoms with Crippen LogP contribution in [0.15, 0.2) is 196 Å². The van der Waals surface area contributed by atoms with Gasteiger partial charge in [0.15, 0.2) is 17.5 Å². The van der Waals surface area contributed by atoms with Gasteiger partial charge in [0.2, 0.25) is 0 Å². The van der Waals surface area contributed by atoms with Crippen molar-refractivity contribution >= 4 is 33.7 Å². The third-order valence-electron chi connectivity index (χ3n) is 11.2. The third-order valence-corrected chi connectivity index (χ3v) is 12.4. The molecular formula is C53H33N3OS. The second-order valence-corrected chi connectivity index (χ2v) is 15.5. The number of nitrogens with zero attached hydrogens (tertiary/aromatic N) is 3. The second-order valence-electron chi connectivity index (χ2n) is 14.4. The van der Waals surface area contributed by atoms with E-state index in [1.165, 1.54) is 6.92 Å². The summed E-state index contributed by atoms with van der Waals surface area (Å²) in [7, 11) is 0. The van der Waals surface area contributed by atoms with Crippen LogP contribution in [-0.2, 0) is 5.41 Å². The maximum Gasteiger partial charge on any atom is 0.164 e. The molecule has 1 unspecified atom stereocenters. The van der Waals surface area contributed by atoms with Crippen LogP contribution < -0.4 is 0 Å². The maximum atomic E-state index is 9.10. The molecule has 0 fully saturated rings. The molecule has 58 heavy (non-hydrogen) atoms. The van der Waals surface area contributed by atoms with E-state index in [1.807, 2.05) is 42.5 Å². The number of hydrogen-bond acceptors (Lipinski definition) is 5. The van der Waals surface area contributed by atoms with Gasteiger partial charge in [0.05, 0.1) is 17.8 Å². The summed E-state index contributed by atoms with van der Waals surface area (Å²) < 4.78 is 85.1. The molecule has 0 bridgehead atoms. The van der Waals surface area contributed by atoms with Crippen molar-refractivity contribution in [2.45, 2.75) is 22.1 Å². The number of para-hydroxylation sites is 1. The molecule has 0 saturated carbocycles. The van der Waals surface area contributed by atoms with Crippen LogP contribution in [-0.4, -0.2) is 15.0 Å². The van der Waals surface area contributed by atoms with Crippen LogP contribution >= 0.6 is 11.8 Å². The van der Waals surface area contributed by atoms with Crippen LogP contribution in [0.1, 0.15) is 40.2 Å². The van der Waals surface area contributed by atoms with E-state index in [0.717, 1.165) is 76.2 Å². The van der Waals surface area contributed by atoms with E-state index in [2.05, 4.69) is 89.9 Å². The number of aromatic nitrogens is 3. The lowest BCUT2D eigenvalue weighted by molar-refractivity contribution is 0.660. The predicted molar refractivity (Wildman–Crippen MR) is 235 cm³/mol. The first-order chi connectivity index (χ1) is 32.4. The Morgan fingerprint density at radius 2 is 1.14 bits per heavy atom. The highest BCUT2D eigenvalue weighted by atomic mass is 32.2. The summed E-state index contributed by atoms with van der Waals surface area (Å²) >= 11 is 1.71. The van der Waals surface area contributed by atoms with Crippen LogP contribution in [0.4, 0.5) is 0 Å². The molecule has 1 aliphatic carbocycles. The van der Waals surface area contributed by atoms with Crippen molar-refractivity contribution in [1.82, 2.24) is 15.0 Å². The highest BCUT2D eigenvalue weighted by molar-refractivity contribution is 7.99. The van der Waals surface area contributed by atoms with E-state index in [9.17, 15) is 0 Å². The quantitative estimate of drug-likeness (QED) is 0.179. The smallest absolute Gasteiger partial charge is 0.164 e. The SMILES string of the molecule is [2H]c1c([2H])c([2H])c(-c2nc(-c3ccc4c(c3)C3(c5ccccc5Sc5cc6c(cc53)oc3ccccc36)c3ccccc3-c3ccccc3-4)nc(-c3c([2H])c([2H])c([2H])c(C)c3[2H])n2)c([2H])c1[2H]. The van der Waals surface area contributed by atoms with Crippen molar-refractivity contribution in [3.05, 3.63) is 210 Å². The summed E-state index contributed by atoms with van der Waals surface area (Å²) in [6.07, 6.45) is 0. The summed E-state index contributed by atoms with van der Waals surface area (Å²) in [5.41, 5.74) is 8.71. The van der Waals surface area contributed by atoms with Gasteiger partial charge in [-0.15, -0.1) is 0 Å². The summed E-state index contributed by atoms with van der Waals surface area (Å²) in [5, 5.41) is 2.02. The van der Waals surface area contributed by atoms with E-state index in [4.69, 9.17) is 26.7 Å². The normalized spacial score (nSPS) is 17.2. The van der Waals surface area contributed by atoms with E-state index in [0.29, 0.717) is 5.56 Å². The minimum Gasteiger partial charge on any atom is -0.456 e. The first-order valence-electron chi connectivity index (χ1n) is 23.4. The second kappa shape index (κ2) is 12.7. The zero-order valence-electron chi connectivity index (χ0n) is 39.8. The Hall–Kier alpha value is -7.08. The van der Waals surface area contributed by atoms with Crippen LogP contribution in [0.25, 0.3) is 78.4 Å². The Morgan fingerprint density at radius 3 is 1.97 bits per heavy atom. The molecule has 2 aliphatic rings. The molecular weight excluding hydrogens is 727 g/mol. The van der Waals surface area contributed by atoms with Crippen LogP contribution in [0.3, 0.4) is 0 Å². The van der Waals surface area contributed by atoms with Crippen molar-refractivity contribution in [1.29, 1.82) is 0 Å². The number of fused-ring (bicyclic) bond motifs is 14. The Labute approximate surface area is 352 Å². The van der Waals surface area contributed by atoms with Gasteiger partial charge in [0.1, 0.15) is 11.2 Å². The molecule has 0 radical (unpaired) electrons. The highest BCUT2D eigenvalue weighted by Crippen LogP contribution is 2.62. The van der Waals surface area contributed by atoms with Gasteiger partial charge >= 0.3 is 0 Å². The fourth-order valence-electron chi connectivity index (χ4n) is 8.85. The standard InChI is InChI=1S/C53H33N3OS/c1-32-14-13-17-34(28-32)51-54-50(33-15-3-2-4-16-33)55-52(56-51)35-26-27-39-37-19-6-5-18-36(37)38-20-7-9-22-42(38)53(44(39)29-35)43-23-10-12-25-48(43)58-49-30-41-40-21-8-11-24-46(40)57-47(41)31-45(49)53/h2-31H,1H3/i2D,3D,4D,13D,14D,15D,16D,17D,28D. The van der Waals surface area contributed by atoms with Crippen LogP contribution in [0.2, 0.25) is 0 Å². The maximum absolute atomic E-state index is 9.10. The van der Waals surface area contributed by atoms with Gasteiger partial charge in [-0.3, -0.25) is 0 Å². The monoisotopic (exact) mass is 768 g/mol. The average Bonchev–Trinajstić information content (AvgIpc) is 3.67. The molecule has 0 saturated heterocycles. The molecule has 8 aromatic carbocycles. The number of rotatable bonds is 3. The number of benzene rings is 8. The van der Waals surface area contributed by atoms with Gasteiger partial charge in [0, 0.05) is 37.3 Å². The molecule has 12 rings (SSSR count). The van der Waals surface area contributed by atoms with Crippen molar-refractivity contribution < 1.29 is 16.8 Å². The van der Waals surface area contributed by atoms with E-state index >= 15 is 0 Å². The molecule has 4 nitrogen and oxygen atoms in total. The van der Waals surface area contributed by atoms with Crippen molar-refractivity contribution in [2.75, 3.05) is 0 Å². The Morgan fingerprint density at radius 1 is 0.483 bits per heavy atom. The van der Waals surface area contributed by atoms with Gasteiger partial charge in [-0.1, -0.05) is 163 Å². The highest BCUT2D eigenvalue weighted by Gasteiger charge is 2.49. The first kappa shape index (κ1) is 25.2. The predicted octanol–water partition coefficient (Wildman–Crippen LogP) is 13.6. The first-order valence-corrected chi connectivity index (χ1v) is 19.7. The number of hydrogen-bond donors (Lipinski definition) is 0. The summed E-state index contributed by atoms with van der Waals surface area (Å²) in [6.45, 7) is 1.52. The van der Waals surface area contributed by atoms with Crippen molar-refractivity contribution in [3.63, 3.8) is 0 Å². The van der Waals surface area contributed by atoms with Gasteiger partial charge in [-0.25, -0.2) is 15.0 Å². The minimum atomic E-state index is -0.999. The third kappa shape index (κ3) is 4.87. The molecule has 0 N–H and O–H groups in total. The van der Waals surface area contributed by atoms with Crippen LogP contribution in [0.5, 0.6) is 0 Å². The van der Waals surface area contributed by atoms with Gasteiger partial charge in [-0.05, 0) is 87.8 Å². The van der Waals surface area contributed by atoms with Gasteiger partial charge in [-0.2, -0.15) is 0 Å².